The van der Waals surface area contributed by atoms with E-state index in [4.69, 9.17) is 0 Å². The Morgan fingerprint density at radius 1 is 0.950 bits per heavy atom. The fourth-order valence-electron chi connectivity index (χ4n) is 2.24. The molecule has 20 heavy (non-hydrogen) atoms. The minimum atomic E-state index is -0.189. The van der Waals surface area contributed by atoms with Gasteiger partial charge in [-0.15, -0.1) is 0 Å². The van der Waals surface area contributed by atoms with Crippen molar-refractivity contribution in [3.63, 3.8) is 0 Å². The maximum absolute atomic E-state index is 12.6. The molecule has 1 amide bonds. The summed E-state index contributed by atoms with van der Waals surface area (Å²) in [5.41, 5.74) is 3.79. The van der Waals surface area contributed by atoms with E-state index < -0.39 is 0 Å². The Morgan fingerprint density at radius 2 is 1.55 bits per heavy atom. The van der Waals surface area contributed by atoms with E-state index in [0.29, 0.717) is 16.8 Å². The van der Waals surface area contributed by atoms with Gasteiger partial charge in [0.2, 0.25) is 5.91 Å². The first-order valence-corrected chi connectivity index (χ1v) is 6.47. The topological polar surface area (TPSA) is 46.2 Å². The minimum absolute atomic E-state index is 0.0823. The van der Waals surface area contributed by atoms with Crippen LogP contribution in [0, 0.1) is 13.8 Å². The second kappa shape index (κ2) is 5.70. The summed E-state index contributed by atoms with van der Waals surface area (Å²) in [5.74, 6) is -0.271. The molecule has 0 aliphatic heterocycles. The van der Waals surface area contributed by atoms with Crippen LogP contribution in [0.5, 0.6) is 0 Å². The zero-order valence-corrected chi connectivity index (χ0v) is 11.9. The van der Waals surface area contributed by atoms with Gasteiger partial charge in [0.1, 0.15) is 0 Å². The van der Waals surface area contributed by atoms with Gasteiger partial charge in [-0.1, -0.05) is 29.3 Å². The van der Waals surface area contributed by atoms with E-state index in [1.807, 2.05) is 32.0 Å². The highest BCUT2D eigenvalue weighted by atomic mass is 16.1. The summed E-state index contributed by atoms with van der Waals surface area (Å²) in [5, 5.41) is 2.69. The molecule has 0 radical (unpaired) electrons. The quantitative estimate of drug-likeness (QED) is 0.865. The van der Waals surface area contributed by atoms with E-state index in [-0.39, 0.29) is 11.7 Å². The predicted octanol–water partition coefficient (Wildman–Crippen LogP) is 3.49. The summed E-state index contributed by atoms with van der Waals surface area (Å²) < 4.78 is 0. The van der Waals surface area contributed by atoms with Gasteiger partial charge in [-0.05, 0) is 38.1 Å². The van der Waals surface area contributed by atoms with E-state index in [1.165, 1.54) is 6.92 Å². The second-order valence-corrected chi connectivity index (χ2v) is 4.93. The second-order valence-electron chi connectivity index (χ2n) is 4.93. The van der Waals surface area contributed by atoms with Gasteiger partial charge in [0.15, 0.2) is 5.78 Å². The van der Waals surface area contributed by atoms with Gasteiger partial charge in [0, 0.05) is 18.1 Å². The van der Waals surface area contributed by atoms with E-state index in [0.717, 1.165) is 11.1 Å². The molecule has 0 spiro atoms. The highest BCUT2D eigenvalue weighted by Gasteiger charge is 2.14. The van der Waals surface area contributed by atoms with Crippen LogP contribution in [-0.4, -0.2) is 11.7 Å². The Morgan fingerprint density at radius 3 is 2.15 bits per heavy atom. The van der Waals surface area contributed by atoms with Gasteiger partial charge in [0.25, 0.3) is 0 Å². The highest BCUT2D eigenvalue weighted by molar-refractivity contribution is 6.13. The minimum Gasteiger partial charge on any atom is -0.326 e. The average Bonchev–Trinajstić information content (AvgIpc) is 2.36. The van der Waals surface area contributed by atoms with Crippen LogP contribution in [0.3, 0.4) is 0 Å². The number of amides is 1. The number of carbonyl (C=O) groups is 2. The molecule has 0 saturated carbocycles. The van der Waals surface area contributed by atoms with Crippen LogP contribution in [0.25, 0.3) is 0 Å². The van der Waals surface area contributed by atoms with Gasteiger partial charge in [-0.2, -0.15) is 0 Å². The molecule has 2 rings (SSSR count). The molecule has 0 atom stereocenters. The maximum Gasteiger partial charge on any atom is 0.221 e. The van der Waals surface area contributed by atoms with Crippen LogP contribution < -0.4 is 5.32 Å². The van der Waals surface area contributed by atoms with Crippen molar-refractivity contribution in [1.29, 1.82) is 0 Å². The largest absolute Gasteiger partial charge is 0.326 e. The summed E-state index contributed by atoms with van der Waals surface area (Å²) in [4.78, 5) is 23.8. The van der Waals surface area contributed by atoms with Gasteiger partial charge in [-0.25, -0.2) is 0 Å². The van der Waals surface area contributed by atoms with E-state index in [1.54, 1.807) is 24.3 Å². The molecule has 0 fully saturated rings. The Kier molecular flexibility index (Phi) is 3.99. The highest BCUT2D eigenvalue weighted by Crippen LogP contribution is 2.20. The van der Waals surface area contributed by atoms with E-state index >= 15 is 0 Å². The van der Waals surface area contributed by atoms with Crippen LogP contribution in [-0.2, 0) is 4.79 Å². The molecule has 0 heterocycles. The molecular weight excluding hydrogens is 250 g/mol. The SMILES string of the molecule is CC(=O)Nc1ccccc1C(=O)c1cc(C)cc(C)c1. The lowest BCUT2D eigenvalue weighted by Gasteiger charge is -2.10. The van der Waals surface area contributed by atoms with Crippen molar-refractivity contribution >= 4 is 17.4 Å². The number of anilines is 1. The van der Waals surface area contributed by atoms with E-state index in [2.05, 4.69) is 5.32 Å². The Labute approximate surface area is 118 Å². The number of benzene rings is 2. The Balaban J connectivity index is 2.45. The fraction of sp³-hybridized carbons (Fsp3) is 0.176. The monoisotopic (exact) mass is 267 g/mol. The number of nitrogens with one attached hydrogen (secondary N) is 1. The van der Waals surface area contributed by atoms with Crippen LogP contribution in [0.1, 0.15) is 34.0 Å². The van der Waals surface area contributed by atoms with Gasteiger partial charge < -0.3 is 5.32 Å². The molecule has 102 valence electrons. The van der Waals surface area contributed by atoms with Crippen LogP contribution in [0.4, 0.5) is 5.69 Å². The zero-order chi connectivity index (χ0) is 14.7. The Bertz CT molecular complexity index is 654. The molecule has 0 unspecified atom stereocenters. The van der Waals surface area contributed by atoms with Crippen molar-refractivity contribution in [1.82, 2.24) is 0 Å². The maximum atomic E-state index is 12.6. The number of rotatable bonds is 3. The lowest BCUT2D eigenvalue weighted by molar-refractivity contribution is -0.114. The molecule has 0 bridgehead atoms. The molecular formula is C17H17NO2. The first kappa shape index (κ1) is 14.0. The third-order valence-electron chi connectivity index (χ3n) is 2.97. The van der Waals surface area contributed by atoms with Crippen molar-refractivity contribution < 1.29 is 9.59 Å². The van der Waals surface area contributed by atoms with Gasteiger partial charge >= 0.3 is 0 Å². The average molecular weight is 267 g/mol. The van der Waals surface area contributed by atoms with Crippen molar-refractivity contribution in [2.24, 2.45) is 0 Å². The number of aryl methyl sites for hydroxylation is 2. The van der Waals surface area contributed by atoms with Crippen LogP contribution in [0.15, 0.2) is 42.5 Å². The first-order valence-electron chi connectivity index (χ1n) is 6.47. The molecule has 2 aromatic rings. The smallest absolute Gasteiger partial charge is 0.221 e. The first-order chi connectivity index (χ1) is 9.47. The fourth-order valence-corrected chi connectivity index (χ4v) is 2.24. The number of hydrogen-bond donors (Lipinski definition) is 1. The van der Waals surface area contributed by atoms with Crippen LogP contribution in [0.2, 0.25) is 0 Å². The Hall–Kier alpha value is -2.42. The lowest BCUT2D eigenvalue weighted by Crippen LogP contribution is -2.11. The molecule has 1 N–H and O–H groups in total. The molecule has 0 aliphatic rings. The third kappa shape index (κ3) is 3.12. The molecule has 0 aromatic heterocycles. The third-order valence-corrected chi connectivity index (χ3v) is 2.97. The summed E-state index contributed by atoms with van der Waals surface area (Å²) in [6.45, 7) is 5.35. The molecule has 3 nitrogen and oxygen atoms in total. The summed E-state index contributed by atoms with van der Waals surface area (Å²) in [6, 6.07) is 12.8. The predicted molar refractivity (Wildman–Crippen MR) is 80.1 cm³/mol. The number of carbonyl (C=O) groups excluding carboxylic acids is 2. The number of hydrogen-bond acceptors (Lipinski definition) is 2. The van der Waals surface area contributed by atoms with Crippen molar-refractivity contribution in [2.45, 2.75) is 20.8 Å². The normalized spacial score (nSPS) is 10.2. The van der Waals surface area contributed by atoms with Crippen molar-refractivity contribution in [3.8, 4) is 0 Å². The van der Waals surface area contributed by atoms with Crippen molar-refractivity contribution in [3.05, 3.63) is 64.7 Å². The molecule has 2 aromatic carbocycles. The molecule has 0 aliphatic carbocycles. The van der Waals surface area contributed by atoms with Crippen LogP contribution >= 0.6 is 0 Å². The number of ketones is 1. The molecule has 0 saturated heterocycles. The van der Waals surface area contributed by atoms with Gasteiger partial charge in [0.05, 0.1) is 5.69 Å². The summed E-state index contributed by atoms with van der Waals surface area (Å²) >= 11 is 0. The molecule has 3 heteroatoms. The zero-order valence-electron chi connectivity index (χ0n) is 11.9. The van der Waals surface area contributed by atoms with Gasteiger partial charge in [-0.3, -0.25) is 9.59 Å². The summed E-state index contributed by atoms with van der Waals surface area (Å²) in [6.07, 6.45) is 0. The van der Waals surface area contributed by atoms with Crippen molar-refractivity contribution in [2.75, 3.05) is 5.32 Å². The number of para-hydroxylation sites is 1. The van der Waals surface area contributed by atoms with E-state index in [9.17, 15) is 9.59 Å². The lowest BCUT2D eigenvalue weighted by atomic mass is 9.98. The summed E-state index contributed by atoms with van der Waals surface area (Å²) in [7, 11) is 0. The standard InChI is InChI=1S/C17H17NO2/c1-11-8-12(2)10-14(9-11)17(20)15-6-4-5-7-16(15)18-13(3)19/h4-10H,1-3H3,(H,18,19).